The second-order valence-electron chi connectivity index (χ2n) is 4.71. The number of nitrogens with zero attached hydrogens (tertiary/aromatic N) is 3. The molecule has 0 aliphatic rings. The summed E-state index contributed by atoms with van der Waals surface area (Å²) in [6.07, 6.45) is 4.75. The maximum Gasteiger partial charge on any atom is 0.133 e. The highest BCUT2D eigenvalue weighted by molar-refractivity contribution is 5.70. The summed E-state index contributed by atoms with van der Waals surface area (Å²) in [5, 5.41) is 3.36. The third-order valence-electron chi connectivity index (χ3n) is 3.09. The van der Waals surface area contributed by atoms with Gasteiger partial charge in [0.25, 0.3) is 0 Å². The van der Waals surface area contributed by atoms with E-state index in [9.17, 15) is 0 Å². The molecule has 0 radical (unpaired) electrons. The van der Waals surface area contributed by atoms with Crippen molar-refractivity contribution in [1.29, 1.82) is 0 Å². The van der Waals surface area contributed by atoms with Crippen LogP contribution < -0.4 is 5.32 Å². The maximum absolute atomic E-state index is 4.58. The second-order valence-corrected chi connectivity index (χ2v) is 4.71. The van der Waals surface area contributed by atoms with Crippen molar-refractivity contribution in [2.24, 2.45) is 0 Å². The van der Waals surface area contributed by atoms with Gasteiger partial charge in [0.2, 0.25) is 0 Å². The average molecular weight is 256 g/mol. The van der Waals surface area contributed by atoms with Crippen molar-refractivity contribution >= 4 is 5.82 Å². The number of hydrogen-bond donors (Lipinski definition) is 1. The van der Waals surface area contributed by atoms with E-state index in [4.69, 9.17) is 0 Å². The highest BCUT2D eigenvalue weighted by atomic mass is 15.0. The van der Waals surface area contributed by atoms with Crippen LogP contribution in [0.2, 0.25) is 0 Å². The predicted octanol–water partition coefficient (Wildman–Crippen LogP) is 3.29. The quantitative estimate of drug-likeness (QED) is 0.912. The van der Waals surface area contributed by atoms with E-state index >= 15 is 0 Å². The van der Waals surface area contributed by atoms with Crippen molar-refractivity contribution in [2.45, 2.75) is 34.1 Å². The molecule has 100 valence electrons. The lowest BCUT2D eigenvalue weighted by atomic mass is 10.0. The van der Waals surface area contributed by atoms with E-state index in [2.05, 4.69) is 41.0 Å². The first kappa shape index (κ1) is 13.5. The zero-order valence-corrected chi connectivity index (χ0v) is 12.0. The van der Waals surface area contributed by atoms with Crippen molar-refractivity contribution in [3.05, 3.63) is 35.4 Å². The Labute approximate surface area is 114 Å². The van der Waals surface area contributed by atoms with Crippen LogP contribution in [0.3, 0.4) is 0 Å². The van der Waals surface area contributed by atoms with Gasteiger partial charge in [-0.1, -0.05) is 6.92 Å². The molecule has 0 unspecified atom stereocenters. The number of nitrogens with one attached hydrogen (secondary N) is 1. The summed E-state index contributed by atoms with van der Waals surface area (Å²) in [4.78, 5) is 13.3. The molecule has 0 saturated heterocycles. The lowest BCUT2D eigenvalue weighted by Gasteiger charge is -2.13. The molecule has 0 spiro atoms. The highest BCUT2D eigenvalue weighted by Gasteiger charge is 2.12. The average Bonchev–Trinajstić information content (AvgIpc) is 2.40. The van der Waals surface area contributed by atoms with Crippen molar-refractivity contribution < 1.29 is 0 Å². The lowest BCUT2D eigenvalue weighted by molar-refractivity contribution is 0.947. The molecule has 2 heterocycles. The predicted molar refractivity (Wildman–Crippen MR) is 78.3 cm³/mol. The lowest BCUT2D eigenvalue weighted by Crippen LogP contribution is -2.08. The monoisotopic (exact) mass is 256 g/mol. The minimum atomic E-state index is 0.780. The summed E-state index contributed by atoms with van der Waals surface area (Å²) in [6, 6.07) is 2.01. The molecule has 2 rings (SSSR count). The molecule has 0 saturated carbocycles. The zero-order valence-electron chi connectivity index (χ0n) is 12.0. The Hall–Kier alpha value is -1.97. The molecule has 19 heavy (non-hydrogen) atoms. The fourth-order valence-electron chi connectivity index (χ4n) is 2.02. The van der Waals surface area contributed by atoms with Crippen molar-refractivity contribution in [3.8, 4) is 11.3 Å². The van der Waals surface area contributed by atoms with Crippen LogP contribution in [0.1, 0.15) is 30.3 Å². The highest BCUT2D eigenvalue weighted by Crippen LogP contribution is 2.27. The molecule has 0 aliphatic heterocycles. The summed E-state index contributed by atoms with van der Waals surface area (Å²) in [7, 11) is 0. The molecular formula is C15H20N4. The van der Waals surface area contributed by atoms with Crippen molar-refractivity contribution in [2.75, 3.05) is 11.9 Å². The third kappa shape index (κ3) is 2.89. The van der Waals surface area contributed by atoms with Crippen LogP contribution in [0.5, 0.6) is 0 Å². The normalized spacial score (nSPS) is 10.5. The van der Waals surface area contributed by atoms with Crippen LogP contribution in [0.4, 0.5) is 5.82 Å². The van der Waals surface area contributed by atoms with Crippen LogP contribution in [0.15, 0.2) is 18.5 Å². The molecule has 0 aromatic carbocycles. The molecule has 4 heteroatoms. The number of anilines is 1. The summed E-state index contributed by atoms with van der Waals surface area (Å²) in [5.41, 5.74) is 4.30. The molecule has 2 aromatic heterocycles. The Morgan fingerprint density at radius 2 is 1.95 bits per heavy atom. The second kappa shape index (κ2) is 5.78. The fourth-order valence-corrected chi connectivity index (χ4v) is 2.02. The van der Waals surface area contributed by atoms with Crippen LogP contribution in [-0.2, 0) is 0 Å². The number of rotatable bonds is 4. The minimum absolute atomic E-state index is 0.780. The van der Waals surface area contributed by atoms with Gasteiger partial charge in [-0.25, -0.2) is 9.97 Å². The summed E-state index contributed by atoms with van der Waals surface area (Å²) in [6.45, 7) is 9.11. The first-order chi connectivity index (χ1) is 9.13. The van der Waals surface area contributed by atoms with Gasteiger partial charge in [-0.05, 0) is 38.8 Å². The van der Waals surface area contributed by atoms with Gasteiger partial charge in [0.1, 0.15) is 11.6 Å². The molecule has 0 aliphatic carbocycles. The van der Waals surface area contributed by atoms with E-state index in [1.165, 1.54) is 5.56 Å². The molecule has 0 atom stereocenters. The molecule has 0 fully saturated rings. The van der Waals surface area contributed by atoms with E-state index in [-0.39, 0.29) is 0 Å². The van der Waals surface area contributed by atoms with E-state index in [1.807, 2.05) is 19.2 Å². The summed E-state index contributed by atoms with van der Waals surface area (Å²) < 4.78 is 0. The SMILES string of the molecule is CCCNc1nc(C)nc(-c2cnccc2C)c1C. The molecule has 4 nitrogen and oxygen atoms in total. The first-order valence-electron chi connectivity index (χ1n) is 6.63. The van der Waals surface area contributed by atoms with Gasteiger partial charge in [0, 0.05) is 30.1 Å². The Morgan fingerprint density at radius 3 is 2.63 bits per heavy atom. The first-order valence-corrected chi connectivity index (χ1v) is 6.63. The van der Waals surface area contributed by atoms with E-state index in [0.717, 1.165) is 41.4 Å². The molecule has 2 aromatic rings. The van der Waals surface area contributed by atoms with Crippen LogP contribution in [0.25, 0.3) is 11.3 Å². The summed E-state index contributed by atoms with van der Waals surface area (Å²) in [5.74, 6) is 1.70. The van der Waals surface area contributed by atoms with E-state index in [1.54, 1.807) is 6.20 Å². The Morgan fingerprint density at radius 1 is 1.16 bits per heavy atom. The molecular weight excluding hydrogens is 236 g/mol. The summed E-state index contributed by atoms with van der Waals surface area (Å²) >= 11 is 0. The Bertz CT molecular complexity index is 578. The van der Waals surface area contributed by atoms with Gasteiger partial charge >= 0.3 is 0 Å². The number of pyridine rings is 1. The largest absolute Gasteiger partial charge is 0.370 e. The van der Waals surface area contributed by atoms with Crippen molar-refractivity contribution in [1.82, 2.24) is 15.0 Å². The van der Waals surface area contributed by atoms with Gasteiger partial charge in [0.05, 0.1) is 5.69 Å². The zero-order chi connectivity index (χ0) is 13.8. The smallest absolute Gasteiger partial charge is 0.133 e. The van der Waals surface area contributed by atoms with Crippen molar-refractivity contribution in [3.63, 3.8) is 0 Å². The van der Waals surface area contributed by atoms with Gasteiger partial charge in [-0.3, -0.25) is 4.98 Å². The van der Waals surface area contributed by atoms with Gasteiger partial charge in [-0.2, -0.15) is 0 Å². The number of hydrogen-bond acceptors (Lipinski definition) is 4. The third-order valence-corrected chi connectivity index (χ3v) is 3.09. The maximum atomic E-state index is 4.58. The van der Waals surface area contributed by atoms with Gasteiger partial charge in [-0.15, -0.1) is 0 Å². The van der Waals surface area contributed by atoms with Crippen LogP contribution in [-0.4, -0.2) is 21.5 Å². The Kier molecular flexibility index (Phi) is 4.10. The van der Waals surface area contributed by atoms with E-state index in [0.29, 0.717) is 0 Å². The molecule has 0 bridgehead atoms. The number of aromatic nitrogens is 3. The fraction of sp³-hybridized carbons (Fsp3) is 0.400. The molecule has 1 N–H and O–H groups in total. The molecule has 0 amide bonds. The topological polar surface area (TPSA) is 50.7 Å². The van der Waals surface area contributed by atoms with Gasteiger partial charge in [0.15, 0.2) is 0 Å². The van der Waals surface area contributed by atoms with E-state index < -0.39 is 0 Å². The van der Waals surface area contributed by atoms with Gasteiger partial charge < -0.3 is 5.32 Å². The van der Waals surface area contributed by atoms with Crippen LogP contribution in [0, 0.1) is 20.8 Å². The van der Waals surface area contributed by atoms with Crippen LogP contribution >= 0.6 is 0 Å². The number of aryl methyl sites for hydroxylation is 2. The Balaban J connectivity index is 2.52. The standard InChI is InChI=1S/C15H20N4/c1-5-7-17-15-11(3)14(18-12(4)19-15)13-9-16-8-6-10(13)2/h6,8-9H,5,7H2,1-4H3,(H,17,18,19). The minimum Gasteiger partial charge on any atom is -0.370 e.